The van der Waals surface area contributed by atoms with Gasteiger partial charge in [-0.1, -0.05) is 0 Å². The number of methoxy groups -OCH3 is 1. The van der Waals surface area contributed by atoms with Gasteiger partial charge in [0.25, 0.3) is 0 Å². The van der Waals surface area contributed by atoms with E-state index in [1.165, 1.54) is 26.1 Å². The Morgan fingerprint density at radius 3 is 3.20 bits per heavy atom. The molecule has 1 aromatic heterocycles. The molecule has 0 amide bonds. The summed E-state index contributed by atoms with van der Waals surface area (Å²) in [5.41, 5.74) is 5.98. The predicted octanol–water partition coefficient (Wildman–Crippen LogP) is 0.381. The Morgan fingerprint density at radius 2 is 2.45 bits per heavy atom. The van der Waals surface area contributed by atoms with Crippen LogP contribution in [-0.4, -0.2) is 53.7 Å². The van der Waals surface area contributed by atoms with Crippen LogP contribution in [0.15, 0.2) is 6.20 Å². The maximum atomic E-state index is 11.4. The molecule has 0 bridgehead atoms. The minimum Gasteiger partial charge on any atom is -0.465 e. The van der Waals surface area contributed by atoms with E-state index in [9.17, 15) is 4.79 Å². The normalized spacial score (nSPS) is 26.2. The van der Waals surface area contributed by atoms with Crippen LogP contribution in [0, 0.1) is 0 Å². The first-order valence-electron chi connectivity index (χ1n) is 6.75. The Balaban J connectivity index is 1.77. The van der Waals surface area contributed by atoms with Crippen molar-refractivity contribution in [3.8, 4) is 0 Å². The van der Waals surface area contributed by atoms with Crippen LogP contribution in [0.5, 0.6) is 0 Å². The van der Waals surface area contributed by atoms with Crippen molar-refractivity contribution in [2.24, 2.45) is 0 Å². The Labute approximate surface area is 117 Å². The fourth-order valence-electron chi connectivity index (χ4n) is 2.81. The number of rotatable bonds is 2. The second-order valence-corrected chi connectivity index (χ2v) is 5.13. The lowest BCUT2D eigenvalue weighted by molar-refractivity contribution is -0.0540. The number of anilines is 1. The zero-order valence-electron chi connectivity index (χ0n) is 11.4. The van der Waals surface area contributed by atoms with Crippen molar-refractivity contribution < 1.29 is 14.3 Å². The number of esters is 1. The molecule has 2 atom stereocenters. The zero-order valence-corrected chi connectivity index (χ0v) is 11.4. The number of morpholine rings is 1. The van der Waals surface area contributed by atoms with Gasteiger partial charge in [0.05, 0.1) is 13.7 Å². The first-order chi connectivity index (χ1) is 9.69. The van der Waals surface area contributed by atoms with Gasteiger partial charge in [-0.25, -0.2) is 14.8 Å². The zero-order chi connectivity index (χ0) is 14.1. The number of hydrogen-bond acceptors (Lipinski definition) is 7. The third kappa shape index (κ3) is 2.34. The summed E-state index contributed by atoms with van der Waals surface area (Å²) in [5.74, 6) is 0.132. The highest BCUT2D eigenvalue weighted by atomic mass is 16.5. The van der Waals surface area contributed by atoms with Crippen LogP contribution in [0.1, 0.15) is 35.1 Å². The van der Waals surface area contributed by atoms with Crippen LogP contribution >= 0.6 is 0 Å². The number of ether oxygens (including phenoxy) is 2. The van der Waals surface area contributed by atoms with E-state index in [1.807, 2.05) is 0 Å². The lowest BCUT2D eigenvalue weighted by atomic mass is 10.2. The maximum absolute atomic E-state index is 11.4. The molecule has 0 radical (unpaired) electrons. The summed E-state index contributed by atoms with van der Waals surface area (Å²) >= 11 is 0. The second-order valence-electron chi connectivity index (χ2n) is 5.13. The van der Waals surface area contributed by atoms with Gasteiger partial charge in [0.1, 0.15) is 17.5 Å². The summed E-state index contributed by atoms with van der Waals surface area (Å²) < 4.78 is 10.4. The van der Waals surface area contributed by atoms with Gasteiger partial charge >= 0.3 is 5.97 Å². The standard InChI is InChI=1S/C13H18N4O3/c1-19-13(18)9-5-15-12(16-11(9)14)10-6-17-4-2-3-8(17)7-20-10/h5,8,10H,2-4,6-7H2,1H3,(H2,14,15,16). The monoisotopic (exact) mass is 278 g/mol. The van der Waals surface area contributed by atoms with Crippen LogP contribution in [0.4, 0.5) is 5.82 Å². The highest BCUT2D eigenvalue weighted by molar-refractivity contribution is 5.93. The molecule has 1 aromatic rings. The topological polar surface area (TPSA) is 90.6 Å². The third-order valence-electron chi connectivity index (χ3n) is 3.92. The number of fused-ring (bicyclic) bond motifs is 1. The average molecular weight is 278 g/mol. The van der Waals surface area contributed by atoms with E-state index in [0.29, 0.717) is 18.5 Å². The fourth-order valence-corrected chi connectivity index (χ4v) is 2.81. The van der Waals surface area contributed by atoms with E-state index in [1.54, 1.807) is 0 Å². The molecule has 2 N–H and O–H groups in total. The van der Waals surface area contributed by atoms with Crippen molar-refractivity contribution in [2.45, 2.75) is 25.0 Å². The molecule has 0 aliphatic carbocycles. The molecular formula is C13H18N4O3. The first-order valence-corrected chi connectivity index (χ1v) is 6.75. The summed E-state index contributed by atoms with van der Waals surface area (Å²) in [6.45, 7) is 2.58. The van der Waals surface area contributed by atoms with Crippen molar-refractivity contribution in [2.75, 3.05) is 32.5 Å². The molecular weight excluding hydrogens is 260 g/mol. The molecule has 7 nitrogen and oxygen atoms in total. The molecule has 3 heterocycles. The molecule has 2 fully saturated rings. The van der Waals surface area contributed by atoms with Crippen LogP contribution in [-0.2, 0) is 9.47 Å². The highest BCUT2D eigenvalue weighted by Gasteiger charge is 2.34. The summed E-state index contributed by atoms with van der Waals surface area (Å²) in [7, 11) is 1.30. The molecule has 2 unspecified atom stereocenters. The van der Waals surface area contributed by atoms with Crippen LogP contribution < -0.4 is 5.73 Å². The van der Waals surface area contributed by atoms with Crippen LogP contribution in [0.25, 0.3) is 0 Å². The molecule has 3 rings (SSSR count). The molecule has 2 aliphatic rings. The third-order valence-corrected chi connectivity index (χ3v) is 3.92. The van der Waals surface area contributed by atoms with E-state index in [0.717, 1.165) is 13.1 Å². The van der Waals surface area contributed by atoms with Gasteiger partial charge in [0.2, 0.25) is 0 Å². The van der Waals surface area contributed by atoms with Gasteiger partial charge < -0.3 is 15.2 Å². The Hall–Kier alpha value is -1.73. The Bertz CT molecular complexity index is 522. The minimum absolute atomic E-state index is 0.133. The van der Waals surface area contributed by atoms with E-state index in [4.69, 9.17) is 10.5 Å². The molecule has 2 aliphatic heterocycles. The van der Waals surface area contributed by atoms with Crippen molar-refractivity contribution in [3.05, 3.63) is 17.6 Å². The number of nitrogen functional groups attached to an aromatic ring is 1. The van der Waals surface area contributed by atoms with Gasteiger partial charge in [0.15, 0.2) is 5.82 Å². The fraction of sp³-hybridized carbons (Fsp3) is 0.615. The van der Waals surface area contributed by atoms with Gasteiger partial charge in [-0.2, -0.15) is 0 Å². The number of nitrogens with zero attached hydrogens (tertiary/aromatic N) is 3. The molecule has 2 saturated heterocycles. The Kier molecular flexibility index (Phi) is 3.54. The number of nitrogens with two attached hydrogens (primary N) is 1. The van der Waals surface area contributed by atoms with Gasteiger partial charge in [-0.05, 0) is 19.4 Å². The Morgan fingerprint density at radius 1 is 1.60 bits per heavy atom. The number of hydrogen-bond donors (Lipinski definition) is 1. The largest absolute Gasteiger partial charge is 0.465 e. The molecule has 108 valence electrons. The van der Waals surface area contributed by atoms with Crippen molar-refractivity contribution in [1.29, 1.82) is 0 Å². The van der Waals surface area contributed by atoms with Gasteiger partial charge in [-0.3, -0.25) is 4.90 Å². The van der Waals surface area contributed by atoms with E-state index in [-0.39, 0.29) is 17.5 Å². The summed E-state index contributed by atoms with van der Waals surface area (Å²) in [4.78, 5) is 22.3. The van der Waals surface area contributed by atoms with Crippen molar-refractivity contribution in [3.63, 3.8) is 0 Å². The quantitative estimate of drug-likeness (QED) is 0.782. The number of carbonyl (C=O) groups is 1. The molecule has 20 heavy (non-hydrogen) atoms. The molecule has 0 spiro atoms. The summed E-state index contributed by atoms with van der Waals surface area (Å²) in [5, 5.41) is 0. The van der Waals surface area contributed by atoms with Gasteiger partial charge in [0, 0.05) is 18.8 Å². The average Bonchev–Trinajstić information content (AvgIpc) is 2.93. The highest BCUT2D eigenvalue weighted by Crippen LogP contribution is 2.29. The number of aromatic nitrogens is 2. The lowest BCUT2D eigenvalue weighted by Crippen LogP contribution is -2.42. The second kappa shape index (κ2) is 5.34. The SMILES string of the molecule is COC(=O)c1cnc(C2CN3CCCC3CO2)nc1N. The molecule has 0 saturated carbocycles. The molecule has 0 aromatic carbocycles. The predicted molar refractivity (Wildman–Crippen MR) is 71.1 cm³/mol. The van der Waals surface area contributed by atoms with Crippen LogP contribution in [0.2, 0.25) is 0 Å². The maximum Gasteiger partial charge on any atom is 0.343 e. The van der Waals surface area contributed by atoms with Crippen molar-refractivity contribution >= 4 is 11.8 Å². The van der Waals surface area contributed by atoms with Gasteiger partial charge in [-0.15, -0.1) is 0 Å². The first kappa shape index (κ1) is 13.3. The smallest absolute Gasteiger partial charge is 0.343 e. The molecule has 7 heteroatoms. The van der Waals surface area contributed by atoms with E-state index < -0.39 is 5.97 Å². The van der Waals surface area contributed by atoms with Crippen LogP contribution in [0.3, 0.4) is 0 Å². The lowest BCUT2D eigenvalue weighted by Gasteiger charge is -2.34. The van der Waals surface area contributed by atoms with Crippen molar-refractivity contribution in [1.82, 2.24) is 14.9 Å². The summed E-state index contributed by atoms with van der Waals surface area (Å²) in [6, 6.07) is 0.526. The summed E-state index contributed by atoms with van der Waals surface area (Å²) in [6.07, 6.45) is 3.63. The van der Waals surface area contributed by atoms with E-state index >= 15 is 0 Å². The minimum atomic E-state index is -0.529. The van der Waals surface area contributed by atoms with E-state index in [2.05, 4.69) is 19.6 Å². The number of carbonyl (C=O) groups excluding carboxylic acids is 1.